The second-order valence-corrected chi connectivity index (χ2v) is 7.06. The Kier molecular flexibility index (Phi) is 5.46. The Hall–Kier alpha value is -0.950. The second-order valence-electron chi connectivity index (χ2n) is 6.06. The molecule has 1 aromatic heterocycles. The molecule has 1 saturated heterocycles. The van der Waals surface area contributed by atoms with Crippen molar-refractivity contribution in [1.82, 2.24) is 10.2 Å². The lowest BCUT2D eigenvalue weighted by atomic mass is 9.87. The lowest BCUT2D eigenvalue weighted by Crippen LogP contribution is -2.45. The Bertz CT molecular complexity index is 499. The molecule has 0 spiro atoms. The molecular weight excluding hydrogens is 300 g/mol. The van der Waals surface area contributed by atoms with E-state index >= 15 is 0 Å². The molecule has 0 bridgehead atoms. The molecule has 2 heterocycles. The normalized spacial score (nSPS) is 23.8. The zero-order valence-electron chi connectivity index (χ0n) is 12.8. The zero-order valence-corrected chi connectivity index (χ0v) is 13.6. The lowest BCUT2D eigenvalue weighted by molar-refractivity contribution is -0.123. The van der Waals surface area contributed by atoms with E-state index in [1.807, 2.05) is 0 Å². The smallest absolute Gasteiger partial charge is 0.227 e. The Labute approximate surface area is 135 Å². The molecule has 2 aliphatic rings. The summed E-state index contributed by atoms with van der Waals surface area (Å²) in [6.07, 6.45) is 2.56. The number of nitrogens with zero attached hydrogens (tertiary/aromatic N) is 1. The van der Waals surface area contributed by atoms with Gasteiger partial charge in [-0.25, -0.2) is 0 Å². The van der Waals surface area contributed by atoms with E-state index in [0.717, 1.165) is 45.6 Å². The number of aryl methyl sites for hydroxylation is 1. The van der Waals surface area contributed by atoms with Crippen LogP contribution in [0.1, 0.15) is 29.2 Å². The molecule has 0 radical (unpaired) electrons. The number of hydrogen-bond donors (Lipinski definition) is 2. The lowest BCUT2D eigenvalue weighted by Gasteiger charge is -2.29. The van der Waals surface area contributed by atoms with Crippen LogP contribution in [0.2, 0.25) is 0 Å². The van der Waals surface area contributed by atoms with Gasteiger partial charge in [-0.05, 0) is 36.3 Å². The van der Waals surface area contributed by atoms with Crippen LogP contribution in [0.25, 0.3) is 0 Å². The van der Waals surface area contributed by atoms with Crippen molar-refractivity contribution < 1.29 is 14.6 Å². The van der Waals surface area contributed by atoms with Gasteiger partial charge >= 0.3 is 0 Å². The Balaban J connectivity index is 1.46. The number of aliphatic hydroxyl groups is 1. The van der Waals surface area contributed by atoms with Gasteiger partial charge in [0.05, 0.1) is 25.2 Å². The first-order valence-corrected chi connectivity index (χ1v) is 8.94. The number of ether oxygens (including phenoxy) is 1. The van der Waals surface area contributed by atoms with E-state index in [1.165, 1.54) is 10.4 Å². The quantitative estimate of drug-likeness (QED) is 0.847. The molecule has 1 aliphatic heterocycles. The number of carbonyl (C=O) groups is 1. The highest BCUT2D eigenvalue weighted by Gasteiger charge is 2.27. The molecule has 1 aromatic rings. The van der Waals surface area contributed by atoms with Gasteiger partial charge < -0.3 is 15.2 Å². The minimum atomic E-state index is -0.521. The predicted octanol–water partition coefficient (Wildman–Crippen LogP) is 0.977. The Morgan fingerprint density at radius 3 is 3.14 bits per heavy atom. The third-order valence-corrected chi connectivity index (χ3v) is 5.45. The molecule has 1 amide bonds. The van der Waals surface area contributed by atoms with Crippen LogP contribution in [0.3, 0.4) is 0 Å². The third kappa shape index (κ3) is 3.87. The molecule has 122 valence electrons. The number of carbonyl (C=O) groups excluding carboxylic acids is 1. The van der Waals surface area contributed by atoms with Gasteiger partial charge in [0.15, 0.2) is 0 Å². The van der Waals surface area contributed by atoms with Crippen molar-refractivity contribution in [2.24, 2.45) is 0 Å². The van der Waals surface area contributed by atoms with Gasteiger partial charge in [-0.2, -0.15) is 0 Å². The van der Waals surface area contributed by atoms with E-state index in [9.17, 15) is 9.90 Å². The summed E-state index contributed by atoms with van der Waals surface area (Å²) in [4.78, 5) is 15.9. The standard InChI is InChI=1S/C16H24N2O3S/c19-12(11-18-5-7-21-8-6-18)10-17-16(20)14-2-1-3-15-13(14)4-9-22-15/h4,9,12,14,19H,1-3,5-8,10-11H2,(H,17,20)/t12-,14+/m1/s1. The van der Waals surface area contributed by atoms with Crippen molar-refractivity contribution >= 4 is 17.2 Å². The number of hydrogen-bond acceptors (Lipinski definition) is 5. The van der Waals surface area contributed by atoms with E-state index in [-0.39, 0.29) is 11.8 Å². The number of β-amino-alcohol motifs (C(OH)–C–C–N with tert-alkyl or cyclic N) is 1. The van der Waals surface area contributed by atoms with Crippen molar-refractivity contribution in [3.8, 4) is 0 Å². The summed E-state index contributed by atoms with van der Waals surface area (Å²) in [6.45, 7) is 4.08. The first kappa shape index (κ1) is 15.9. The first-order valence-electron chi connectivity index (χ1n) is 8.06. The van der Waals surface area contributed by atoms with Gasteiger partial charge in [-0.3, -0.25) is 9.69 Å². The average Bonchev–Trinajstić information content (AvgIpc) is 3.02. The monoisotopic (exact) mass is 324 g/mol. The fourth-order valence-corrected chi connectivity index (χ4v) is 4.23. The highest BCUT2D eigenvalue weighted by atomic mass is 32.1. The minimum absolute atomic E-state index is 0.0365. The van der Waals surface area contributed by atoms with Gasteiger partial charge in [-0.15, -0.1) is 11.3 Å². The largest absolute Gasteiger partial charge is 0.390 e. The van der Waals surface area contributed by atoms with Gasteiger partial charge in [0, 0.05) is 31.1 Å². The number of nitrogens with one attached hydrogen (secondary N) is 1. The van der Waals surface area contributed by atoms with Crippen molar-refractivity contribution in [3.05, 3.63) is 21.9 Å². The van der Waals surface area contributed by atoms with Crippen molar-refractivity contribution in [2.75, 3.05) is 39.4 Å². The molecule has 2 atom stereocenters. The Morgan fingerprint density at radius 1 is 1.50 bits per heavy atom. The van der Waals surface area contributed by atoms with E-state index in [0.29, 0.717) is 13.1 Å². The maximum Gasteiger partial charge on any atom is 0.227 e. The van der Waals surface area contributed by atoms with Gasteiger partial charge in [0.25, 0.3) is 0 Å². The summed E-state index contributed by atoms with van der Waals surface area (Å²) in [7, 11) is 0. The van der Waals surface area contributed by atoms with Crippen LogP contribution in [-0.4, -0.2) is 61.4 Å². The van der Waals surface area contributed by atoms with E-state index in [4.69, 9.17) is 4.74 Å². The summed E-state index contributed by atoms with van der Waals surface area (Å²) in [5.74, 6) is 0.0194. The summed E-state index contributed by atoms with van der Waals surface area (Å²) in [6, 6.07) is 2.08. The van der Waals surface area contributed by atoms with Crippen LogP contribution in [0.15, 0.2) is 11.4 Å². The second kappa shape index (κ2) is 7.55. The zero-order chi connectivity index (χ0) is 15.4. The van der Waals surface area contributed by atoms with Crippen molar-refractivity contribution in [3.63, 3.8) is 0 Å². The third-order valence-electron chi connectivity index (χ3n) is 4.45. The van der Waals surface area contributed by atoms with E-state index in [1.54, 1.807) is 11.3 Å². The molecule has 0 aromatic carbocycles. The maximum atomic E-state index is 12.4. The van der Waals surface area contributed by atoms with Crippen LogP contribution in [0, 0.1) is 0 Å². The molecule has 0 saturated carbocycles. The van der Waals surface area contributed by atoms with E-state index in [2.05, 4.69) is 21.7 Å². The minimum Gasteiger partial charge on any atom is -0.390 e. The highest BCUT2D eigenvalue weighted by Crippen LogP contribution is 2.34. The van der Waals surface area contributed by atoms with Crippen molar-refractivity contribution in [2.45, 2.75) is 31.3 Å². The summed E-state index contributed by atoms with van der Waals surface area (Å²) >= 11 is 1.75. The molecule has 5 nitrogen and oxygen atoms in total. The summed E-state index contributed by atoms with van der Waals surface area (Å²) in [5, 5.41) is 15.1. The maximum absolute atomic E-state index is 12.4. The molecule has 3 rings (SSSR count). The Morgan fingerprint density at radius 2 is 2.32 bits per heavy atom. The fraction of sp³-hybridized carbons (Fsp3) is 0.688. The topological polar surface area (TPSA) is 61.8 Å². The van der Waals surface area contributed by atoms with Gasteiger partial charge in [0.2, 0.25) is 5.91 Å². The molecule has 1 fully saturated rings. The number of morpholine rings is 1. The van der Waals surface area contributed by atoms with Gasteiger partial charge in [-0.1, -0.05) is 0 Å². The molecule has 0 unspecified atom stereocenters. The molecule has 2 N–H and O–H groups in total. The van der Waals surface area contributed by atoms with Crippen LogP contribution in [0.5, 0.6) is 0 Å². The average molecular weight is 324 g/mol. The van der Waals surface area contributed by atoms with Crippen LogP contribution in [-0.2, 0) is 16.0 Å². The molecule has 6 heteroatoms. The number of aliphatic hydroxyl groups excluding tert-OH is 1. The SMILES string of the molecule is O=C(NC[C@@H](O)CN1CCOCC1)[C@H]1CCCc2sccc21. The van der Waals surface area contributed by atoms with Crippen LogP contribution in [0.4, 0.5) is 0 Å². The summed E-state index contributed by atoms with van der Waals surface area (Å²) < 4.78 is 5.29. The number of thiophene rings is 1. The fourth-order valence-electron chi connectivity index (χ4n) is 3.25. The van der Waals surface area contributed by atoms with E-state index < -0.39 is 6.10 Å². The van der Waals surface area contributed by atoms with Crippen LogP contribution >= 0.6 is 11.3 Å². The van der Waals surface area contributed by atoms with Crippen molar-refractivity contribution in [1.29, 1.82) is 0 Å². The molecular formula is C16H24N2O3S. The number of fused-ring (bicyclic) bond motifs is 1. The summed E-state index contributed by atoms with van der Waals surface area (Å²) in [5.41, 5.74) is 1.19. The predicted molar refractivity (Wildman–Crippen MR) is 86.3 cm³/mol. The number of rotatable bonds is 5. The van der Waals surface area contributed by atoms with Gasteiger partial charge in [0.1, 0.15) is 0 Å². The highest BCUT2D eigenvalue weighted by molar-refractivity contribution is 7.10. The number of amides is 1. The molecule has 22 heavy (non-hydrogen) atoms. The van der Waals surface area contributed by atoms with Crippen LogP contribution < -0.4 is 5.32 Å². The molecule has 1 aliphatic carbocycles. The first-order chi connectivity index (χ1) is 10.7.